The molecule has 4 N–H and O–H groups in total. The van der Waals surface area contributed by atoms with Gasteiger partial charge in [-0.05, 0) is 67.1 Å². The number of nitrogens with zero attached hydrogens (tertiary/aromatic N) is 1. The third-order valence-electron chi connectivity index (χ3n) is 7.27. The molecule has 10 nitrogen and oxygen atoms in total. The molecular formula is C29H33F6N3O7S. The summed E-state index contributed by atoms with van der Waals surface area (Å²) in [6.07, 6.45) is -6.28. The number of hydrogen-bond donors (Lipinski definition) is 4. The molecule has 17 heteroatoms. The summed E-state index contributed by atoms with van der Waals surface area (Å²) in [7, 11) is -2.86. The molecule has 2 aliphatic carbocycles. The summed E-state index contributed by atoms with van der Waals surface area (Å²) in [5, 5.41) is 20.9. The smallest absolute Gasteiger partial charge is 0.475 e. The number of alkyl halides is 6. The van der Waals surface area contributed by atoms with Crippen LogP contribution in [0.15, 0.2) is 48.5 Å². The van der Waals surface area contributed by atoms with Crippen LogP contribution in [-0.2, 0) is 26.0 Å². The number of benzene rings is 2. The number of carboxylic acid groups (broad SMARTS) is 2. The van der Waals surface area contributed by atoms with Crippen LogP contribution in [0, 0.1) is 5.92 Å². The molecule has 2 aromatic carbocycles. The molecule has 0 spiro atoms. The fourth-order valence-corrected chi connectivity index (χ4v) is 5.68. The minimum absolute atomic E-state index is 0.0935. The zero-order valence-electron chi connectivity index (χ0n) is 24.3. The van der Waals surface area contributed by atoms with Crippen LogP contribution in [0.4, 0.5) is 32.0 Å². The van der Waals surface area contributed by atoms with Crippen molar-refractivity contribution in [2.24, 2.45) is 5.92 Å². The zero-order valence-corrected chi connectivity index (χ0v) is 25.1. The van der Waals surface area contributed by atoms with E-state index >= 15 is 0 Å². The third kappa shape index (κ3) is 12.6. The topological polar surface area (TPSA) is 153 Å². The van der Waals surface area contributed by atoms with Crippen molar-refractivity contribution in [3.05, 3.63) is 65.2 Å². The molecule has 0 aromatic heterocycles. The molecule has 1 saturated heterocycles. The maximum Gasteiger partial charge on any atom is 0.490 e. The van der Waals surface area contributed by atoms with Crippen molar-refractivity contribution in [3.8, 4) is 0 Å². The van der Waals surface area contributed by atoms with Gasteiger partial charge in [-0.1, -0.05) is 24.3 Å². The van der Waals surface area contributed by atoms with Crippen LogP contribution >= 0.6 is 0 Å². The van der Waals surface area contributed by atoms with Crippen molar-refractivity contribution in [2.45, 2.75) is 50.1 Å². The normalized spacial score (nSPS) is 20.7. The second-order valence-electron chi connectivity index (χ2n) is 11.1. The summed E-state index contributed by atoms with van der Waals surface area (Å²) in [5.74, 6) is -3.73. The molecule has 0 unspecified atom stereocenters. The van der Waals surface area contributed by atoms with Crippen molar-refractivity contribution in [3.63, 3.8) is 0 Å². The molecular weight excluding hydrogens is 648 g/mol. The summed E-state index contributed by atoms with van der Waals surface area (Å²) in [6.45, 7) is 3.02. The number of carbonyl (C=O) groups is 3. The second kappa shape index (κ2) is 15.3. The Balaban J connectivity index is 0.000000345. The number of carboxylic acids is 2. The van der Waals surface area contributed by atoms with Gasteiger partial charge >= 0.3 is 24.3 Å². The minimum atomic E-state index is -5.08. The van der Waals surface area contributed by atoms with E-state index in [2.05, 4.69) is 21.6 Å². The molecule has 2 aromatic rings. The van der Waals surface area contributed by atoms with Crippen molar-refractivity contribution in [1.29, 1.82) is 0 Å². The zero-order chi connectivity index (χ0) is 34.3. The van der Waals surface area contributed by atoms with Crippen molar-refractivity contribution in [2.75, 3.05) is 36.5 Å². The highest BCUT2D eigenvalue weighted by Gasteiger charge is 2.40. The predicted octanol–water partition coefficient (Wildman–Crippen LogP) is 4.29. The van der Waals surface area contributed by atoms with E-state index in [9.17, 15) is 39.6 Å². The van der Waals surface area contributed by atoms with Crippen LogP contribution in [0.5, 0.6) is 0 Å². The largest absolute Gasteiger partial charge is 0.490 e. The van der Waals surface area contributed by atoms with Crippen LogP contribution in [0.3, 0.4) is 0 Å². The Morgan fingerprint density at radius 3 is 1.91 bits per heavy atom. The van der Waals surface area contributed by atoms with Crippen LogP contribution in [0.1, 0.15) is 46.7 Å². The summed E-state index contributed by atoms with van der Waals surface area (Å²) in [5.41, 5.74) is 3.81. The summed E-state index contributed by atoms with van der Waals surface area (Å²) in [4.78, 5) is 32.7. The average molecular weight is 682 g/mol. The first kappa shape index (κ1) is 36.8. The number of halogens is 6. The van der Waals surface area contributed by atoms with E-state index in [-0.39, 0.29) is 17.4 Å². The molecule has 46 heavy (non-hydrogen) atoms. The lowest BCUT2D eigenvalue weighted by Crippen LogP contribution is -2.39. The summed E-state index contributed by atoms with van der Waals surface area (Å²) >= 11 is 0. The molecule has 254 valence electrons. The van der Waals surface area contributed by atoms with E-state index < -0.39 is 34.1 Å². The highest BCUT2D eigenvalue weighted by molar-refractivity contribution is 7.91. The summed E-state index contributed by atoms with van der Waals surface area (Å²) < 4.78 is 86.6. The average Bonchev–Trinajstić information content (AvgIpc) is 3.89. The SMILES string of the molecule is O=C(Nc1ccc(CN2CCS(=O)(=O)CC2)cc1)c1cccc([C@@H]2C[C@H]2NCC2CC2)c1.O=C(O)C(F)(F)F.O=C(O)C(F)(F)F. The van der Waals surface area contributed by atoms with Crippen molar-refractivity contribution >= 4 is 33.4 Å². The molecule has 2 atom stereocenters. The van der Waals surface area contributed by atoms with Crippen LogP contribution < -0.4 is 10.6 Å². The van der Waals surface area contributed by atoms with Gasteiger partial charge in [0.15, 0.2) is 9.84 Å². The van der Waals surface area contributed by atoms with Crippen molar-refractivity contribution < 1.29 is 59.4 Å². The van der Waals surface area contributed by atoms with Crippen molar-refractivity contribution in [1.82, 2.24) is 10.2 Å². The van der Waals surface area contributed by atoms with Gasteiger partial charge in [0.25, 0.3) is 5.91 Å². The molecule has 1 heterocycles. The monoisotopic (exact) mass is 681 g/mol. The second-order valence-corrected chi connectivity index (χ2v) is 13.4. The van der Waals surface area contributed by atoms with Gasteiger partial charge in [0, 0.05) is 42.8 Å². The molecule has 3 aliphatic rings. The quantitative estimate of drug-likeness (QED) is 0.299. The molecule has 2 saturated carbocycles. The lowest BCUT2D eigenvalue weighted by Gasteiger charge is -2.26. The van der Waals surface area contributed by atoms with E-state index in [0.29, 0.717) is 30.6 Å². The number of sulfone groups is 1. The Hall–Kier alpha value is -3.70. The lowest BCUT2D eigenvalue weighted by atomic mass is 10.1. The van der Waals surface area contributed by atoms with E-state index in [1.165, 1.54) is 18.4 Å². The Labute approximate surface area is 260 Å². The maximum absolute atomic E-state index is 12.8. The number of hydrogen-bond acceptors (Lipinski definition) is 7. The standard InChI is InChI=1S/C25H31N3O3S.2C2HF3O2/c29-25(21-3-1-2-20(14-21)23-15-24(23)26-16-18-4-5-18)27-22-8-6-19(7-9-22)17-28-10-12-32(30,31)13-11-28;2*3-2(4,5)1(6)7/h1-3,6-9,14,18,23-24,26H,4-5,10-13,15-17H2,(H,27,29);2*(H,6,7)/t23-,24+;;/m0../s1. The lowest BCUT2D eigenvalue weighted by molar-refractivity contribution is -0.193. The fourth-order valence-electron chi connectivity index (χ4n) is 4.40. The molecule has 0 radical (unpaired) electrons. The van der Waals surface area contributed by atoms with Crippen LogP contribution in [0.25, 0.3) is 0 Å². The van der Waals surface area contributed by atoms with Gasteiger partial charge in [0.05, 0.1) is 11.5 Å². The van der Waals surface area contributed by atoms with E-state index in [1.54, 1.807) is 0 Å². The van der Waals surface area contributed by atoms with E-state index in [0.717, 1.165) is 36.7 Å². The predicted molar refractivity (Wildman–Crippen MR) is 154 cm³/mol. The number of carbonyl (C=O) groups excluding carboxylic acids is 1. The van der Waals surface area contributed by atoms with Gasteiger partial charge < -0.3 is 20.8 Å². The first-order valence-corrected chi connectivity index (χ1v) is 15.9. The summed E-state index contributed by atoms with van der Waals surface area (Å²) in [6, 6.07) is 16.4. The molecule has 5 rings (SSSR count). The molecule has 0 bridgehead atoms. The number of rotatable bonds is 8. The Bertz CT molecular complexity index is 1440. The Kier molecular flexibility index (Phi) is 12.2. The minimum Gasteiger partial charge on any atom is -0.475 e. The molecule has 1 aliphatic heterocycles. The number of anilines is 1. The van der Waals surface area contributed by atoms with E-state index in [1.807, 2.05) is 42.5 Å². The first-order valence-electron chi connectivity index (χ1n) is 14.1. The first-order chi connectivity index (χ1) is 21.3. The fraction of sp³-hybridized carbons (Fsp3) is 0.483. The van der Waals surface area contributed by atoms with Gasteiger partial charge in [-0.3, -0.25) is 9.69 Å². The number of nitrogens with one attached hydrogen (secondary N) is 2. The van der Waals surface area contributed by atoms with Gasteiger partial charge in [0.1, 0.15) is 0 Å². The van der Waals surface area contributed by atoms with Gasteiger partial charge in [-0.15, -0.1) is 0 Å². The van der Waals surface area contributed by atoms with E-state index in [4.69, 9.17) is 19.8 Å². The van der Waals surface area contributed by atoms with Gasteiger partial charge in [0.2, 0.25) is 0 Å². The highest BCUT2D eigenvalue weighted by atomic mass is 32.2. The van der Waals surface area contributed by atoms with Crippen LogP contribution in [-0.4, -0.2) is 90.9 Å². The number of amides is 1. The highest BCUT2D eigenvalue weighted by Crippen LogP contribution is 2.42. The molecule has 3 fully saturated rings. The third-order valence-corrected chi connectivity index (χ3v) is 8.88. The Morgan fingerprint density at radius 2 is 1.41 bits per heavy atom. The van der Waals surface area contributed by atoms with Crippen LogP contribution in [0.2, 0.25) is 0 Å². The maximum atomic E-state index is 12.8. The Morgan fingerprint density at radius 1 is 0.870 bits per heavy atom. The molecule has 1 amide bonds. The van der Waals surface area contributed by atoms with Gasteiger partial charge in [-0.25, -0.2) is 18.0 Å². The van der Waals surface area contributed by atoms with Gasteiger partial charge in [-0.2, -0.15) is 26.3 Å². The number of aliphatic carboxylic acids is 2.